The highest BCUT2D eigenvalue weighted by molar-refractivity contribution is 5.76. The Morgan fingerprint density at radius 1 is 1.47 bits per heavy atom. The van der Waals surface area contributed by atoms with Crippen LogP contribution in [0.25, 0.3) is 0 Å². The largest absolute Gasteiger partial charge is 0.384 e. The van der Waals surface area contributed by atoms with Crippen molar-refractivity contribution in [3.8, 4) is 0 Å². The lowest BCUT2D eigenvalue weighted by molar-refractivity contribution is -0.133. The molecule has 80 valence electrons. The number of likely N-dealkylation sites (tertiary alicyclic amines) is 1. The molecule has 2 rings (SSSR count). The summed E-state index contributed by atoms with van der Waals surface area (Å²) < 4.78 is 0. The first kappa shape index (κ1) is 9.96. The van der Waals surface area contributed by atoms with E-state index >= 15 is 0 Å². The summed E-state index contributed by atoms with van der Waals surface area (Å²) >= 11 is 0. The summed E-state index contributed by atoms with van der Waals surface area (Å²) in [5.41, 5.74) is 6.64. The topological polar surface area (TPSA) is 59.2 Å². The molecule has 0 unspecified atom stereocenters. The Kier molecular flexibility index (Phi) is 2.85. The second-order valence-corrected chi connectivity index (χ2v) is 3.86. The van der Waals surface area contributed by atoms with E-state index in [0.29, 0.717) is 18.8 Å². The summed E-state index contributed by atoms with van der Waals surface area (Å²) in [6.07, 6.45) is 4.49. The lowest BCUT2D eigenvalue weighted by Gasteiger charge is -2.26. The van der Waals surface area contributed by atoms with Gasteiger partial charge < -0.3 is 10.6 Å². The molecule has 0 aromatic carbocycles. The zero-order valence-corrected chi connectivity index (χ0v) is 8.65. The molecule has 4 nitrogen and oxygen atoms in total. The van der Waals surface area contributed by atoms with Crippen molar-refractivity contribution < 1.29 is 4.79 Å². The van der Waals surface area contributed by atoms with Gasteiger partial charge in [-0.15, -0.1) is 0 Å². The van der Waals surface area contributed by atoms with Gasteiger partial charge in [0.25, 0.3) is 0 Å². The van der Waals surface area contributed by atoms with E-state index < -0.39 is 0 Å². The number of nitrogens with zero attached hydrogens (tertiary/aromatic N) is 2. The van der Waals surface area contributed by atoms with Gasteiger partial charge in [-0.2, -0.15) is 0 Å². The van der Waals surface area contributed by atoms with Crippen LogP contribution in [0.3, 0.4) is 0 Å². The van der Waals surface area contributed by atoms with Crippen molar-refractivity contribution in [2.45, 2.75) is 25.8 Å². The number of carbonyl (C=O) groups excluding carboxylic acids is 1. The number of nitrogens with two attached hydrogens (primary N) is 1. The van der Waals surface area contributed by atoms with Crippen LogP contribution in [0.5, 0.6) is 0 Å². The third kappa shape index (κ3) is 2.46. The first-order valence-electron chi connectivity index (χ1n) is 5.24. The number of hydrogen-bond acceptors (Lipinski definition) is 3. The van der Waals surface area contributed by atoms with Gasteiger partial charge in [0.2, 0.25) is 5.91 Å². The van der Waals surface area contributed by atoms with E-state index in [-0.39, 0.29) is 5.91 Å². The maximum absolute atomic E-state index is 11.6. The summed E-state index contributed by atoms with van der Waals surface area (Å²) in [4.78, 5) is 17.4. The molecule has 1 aliphatic heterocycles. The highest BCUT2D eigenvalue weighted by Gasteiger charge is 2.17. The SMILES string of the molecule is Nc1cc(CN2CCCCC2=O)ccn1. The first-order chi connectivity index (χ1) is 7.25. The Morgan fingerprint density at radius 2 is 2.33 bits per heavy atom. The molecule has 0 radical (unpaired) electrons. The molecule has 1 fully saturated rings. The lowest BCUT2D eigenvalue weighted by Crippen LogP contribution is -2.34. The van der Waals surface area contributed by atoms with Gasteiger partial charge in [0.05, 0.1) is 0 Å². The summed E-state index contributed by atoms with van der Waals surface area (Å²) in [7, 11) is 0. The van der Waals surface area contributed by atoms with Crippen molar-refractivity contribution in [2.75, 3.05) is 12.3 Å². The number of anilines is 1. The summed E-state index contributed by atoms with van der Waals surface area (Å²) in [6, 6.07) is 3.72. The fourth-order valence-corrected chi connectivity index (χ4v) is 1.84. The van der Waals surface area contributed by atoms with Crippen LogP contribution in [-0.2, 0) is 11.3 Å². The molecular weight excluding hydrogens is 190 g/mol. The highest BCUT2D eigenvalue weighted by Crippen LogP contribution is 2.14. The molecular formula is C11H15N3O. The van der Waals surface area contributed by atoms with Gasteiger partial charge in [-0.1, -0.05) is 0 Å². The van der Waals surface area contributed by atoms with Crippen molar-refractivity contribution >= 4 is 11.7 Å². The predicted octanol–water partition coefficient (Wildman–Crippen LogP) is 1.18. The van der Waals surface area contributed by atoms with E-state index in [9.17, 15) is 4.79 Å². The van der Waals surface area contributed by atoms with Gasteiger partial charge in [0, 0.05) is 25.7 Å². The third-order valence-corrected chi connectivity index (χ3v) is 2.64. The maximum atomic E-state index is 11.6. The molecule has 1 amide bonds. The van der Waals surface area contributed by atoms with Gasteiger partial charge in [-0.25, -0.2) is 4.98 Å². The number of nitrogen functional groups attached to an aromatic ring is 1. The zero-order valence-electron chi connectivity index (χ0n) is 8.65. The fraction of sp³-hybridized carbons (Fsp3) is 0.455. The van der Waals surface area contributed by atoms with E-state index in [0.717, 1.165) is 24.9 Å². The quantitative estimate of drug-likeness (QED) is 0.788. The van der Waals surface area contributed by atoms with Gasteiger partial charge in [-0.3, -0.25) is 4.79 Å². The molecule has 1 aliphatic rings. The molecule has 2 heterocycles. The standard InChI is InChI=1S/C11H15N3O/c12-10-7-9(4-5-13-10)8-14-6-2-1-3-11(14)15/h4-5,7H,1-3,6,8H2,(H2,12,13). The van der Waals surface area contributed by atoms with Crippen molar-refractivity contribution in [3.05, 3.63) is 23.9 Å². The Bertz CT molecular complexity index is 365. The van der Waals surface area contributed by atoms with Crippen LogP contribution in [0, 0.1) is 0 Å². The van der Waals surface area contributed by atoms with E-state index in [1.807, 2.05) is 17.0 Å². The minimum Gasteiger partial charge on any atom is -0.384 e. The van der Waals surface area contributed by atoms with Crippen LogP contribution in [0.4, 0.5) is 5.82 Å². The number of rotatable bonds is 2. The van der Waals surface area contributed by atoms with Crippen LogP contribution in [0.1, 0.15) is 24.8 Å². The minimum atomic E-state index is 0.247. The number of hydrogen-bond donors (Lipinski definition) is 1. The molecule has 2 N–H and O–H groups in total. The Balaban J connectivity index is 2.04. The smallest absolute Gasteiger partial charge is 0.222 e. The number of piperidine rings is 1. The van der Waals surface area contributed by atoms with E-state index in [1.165, 1.54) is 0 Å². The lowest BCUT2D eigenvalue weighted by atomic mass is 10.1. The monoisotopic (exact) mass is 205 g/mol. The number of amides is 1. The molecule has 1 saturated heterocycles. The Hall–Kier alpha value is -1.58. The van der Waals surface area contributed by atoms with E-state index in [1.54, 1.807) is 6.20 Å². The van der Waals surface area contributed by atoms with Crippen molar-refractivity contribution in [1.29, 1.82) is 0 Å². The molecule has 0 saturated carbocycles. The third-order valence-electron chi connectivity index (χ3n) is 2.64. The second-order valence-electron chi connectivity index (χ2n) is 3.86. The molecule has 15 heavy (non-hydrogen) atoms. The van der Waals surface area contributed by atoms with Crippen LogP contribution in [0.2, 0.25) is 0 Å². The average molecular weight is 205 g/mol. The predicted molar refractivity (Wildman–Crippen MR) is 57.9 cm³/mol. The molecule has 0 atom stereocenters. The van der Waals surface area contributed by atoms with Crippen LogP contribution in [-0.4, -0.2) is 22.3 Å². The Labute approximate surface area is 89.1 Å². The van der Waals surface area contributed by atoms with Crippen molar-refractivity contribution in [2.24, 2.45) is 0 Å². The second kappa shape index (κ2) is 4.29. The van der Waals surface area contributed by atoms with Crippen molar-refractivity contribution in [1.82, 2.24) is 9.88 Å². The molecule has 0 aliphatic carbocycles. The molecule has 4 heteroatoms. The minimum absolute atomic E-state index is 0.247. The number of pyridine rings is 1. The molecule has 1 aromatic heterocycles. The van der Waals surface area contributed by atoms with Crippen LogP contribution >= 0.6 is 0 Å². The maximum Gasteiger partial charge on any atom is 0.222 e. The van der Waals surface area contributed by atoms with E-state index in [4.69, 9.17) is 5.73 Å². The highest BCUT2D eigenvalue weighted by atomic mass is 16.2. The number of carbonyl (C=O) groups is 1. The normalized spacial score (nSPS) is 16.8. The first-order valence-corrected chi connectivity index (χ1v) is 5.24. The van der Waals surface area contributed by atoms with Gasteiger partial charge in [-0.05, 0) is 30.5 Å². The summed E-state index contributed by atoms with van der Waals surface area (Å²) in [5.74, 6) is 0.758. The summed E-state index contributed by atoms with van der Waals surface area (Å²) in [6.45, 7) is 1.52. The van der Waals surface area contributed by atoms with Gasteiger partial charge in [0.15, 0.2) is 0 Å². The van der Waals surface area contributed by atoms with Crippen LogP contribution in [0.15, 0.2) is 18.3 Å². The Morgan fingerprint density at radius 3 is 3.07 bits per heavy atom. The number of aromatic nitrogens is 1. The molecule has 0 bridgehead atoms. The summed E-state index contributed by atoms with van der Waals surface area (Å²) in [5, 5.41) is 0. The van der Waals surface area contributed by atoms with Gasteiger partial charge >= 0.3 is 0 Å². The van der Waals surface area contributed by atoms with Gasteiger partial charge in [0.1, 0.15) is 5.82 Å². The molecule has 1 aromatic rings. The van der Waals surface area contributed by atoms with E-state index in [2.05, 4.69) is 4.98 Å². The van der Waals surface area contributed by atoms with Crippen molar-refractivity contribution in [3.63, 3.8) is 0 Å². The van der Waals surface area contributed by atoms with Crippen LogP contribution < -0.4 is 5.73 Å². The fourth-order valence-electron chi connectivity index (χ4n) is 1.84. The molecule has 0 spiro atoms. The average Bonchev–Trinajstić information content (AvgIpc) is 2.22. The zero-order chi connectivity index (χ0) is 10.7.